The van der Waals surface area contributed by atoms with Crippen LogP contribution in [0.15, 0.2) is 0 Å². The van der Waals surface area contributed by atoms with Crippen molar-refractivity contribution < 1.29 is 4.39 Å². The quantitative estimate of drug-likeness (QED) is 0.688. The molecule has 0 amide bonds. The Hall–Kier alpha value is -0.110. The fourth-order valence-corrected chi connectivity index (χ4v) is 2.30. The smallest absolute Gasteiger partial charge is 0.115 e. The third-order valence-corrected chi connectivity index (χ3v) is 3.53. The molecule has 1 rings (SSSR count). The lowest BCUT2D eigenvalue weighted by atomic mass is 9.92. The summed E-state index contributed by atoms with van der Waals surface area (Å²) in [6, 6.07) is 0.0123. The molecule has 0 spiro atoms. The molecule has 0 aromatic carbocycles. The molecule has 1 nitrogen and oxygen atoms in total. The summed E-state index contributed by atoms with van der Waals surface area (Å²) in [5, 5.41) is 2.99. The van der Waals surface area contributed by atoms with E-state index < -0.39 is 6.17 Å². The lowest BCUT2D eigenvalue weighted by molar-refractivity contribution is 0.210. The Kier molecular flexibility index (Phi) is 5.46. The number of alkyl halides is 1. The Balaban J connectivity index is 2.26. The number of nitrogens with one attached hydrogen (secondary N) is 1. The lowest BCUT2D eigenvalue weighted by Gasteiger charge is -2.21. The molecule has 0 radical (unpaired) electrons. The van der Waals surface area contributed by atoms with Crippen LogP contribution in [0.25, 0.3) is 0 Å². The molecule has 1 aliphatic carbocycles. The maximum absolute atomic E-state index is 13.7. The van der Waals surface area contributed by atoms with Crippen LogP contribution < -0.4 is 5.32 Å². The molecule has 1 saturated carbocycles. The summed E-state index contributed by atoms with van der Waals surface area (Å²) >= 11 is 0. The topological polar surface area (TPSA) is 12.0 Å². The Morgan fingerprint density at radius 1 is 1.21 bits per heavy atom. The maximum atomic E-state index is 13.7. The van der Waals surface area contributed by atoms with E-state index in [1.54, 1.807) is 0 Å². The molecule has 0 heterocycles. The Labute approximate surface area is 87.5 Å². The minimum absolute atomic E-state index is 0.0123. The number of hydrogen-bond donors (Lipinski definition) is 1. The SMILES string of the molecule is CNC(C)C(F)CC1CCCCCC1. The van der Waals surface area contributed by atoms with Gasteiger partial charge in [-0.3, -0.25) is 0 Å². The maximum Gasteiger partial charge on any atom is 0.115 e. The van der Waals surface area contributed by atoms with Crippen LogP contribution >= 0.6 is 0 Å². The zero-order valence-corrected chi connectivity index (χ0v) is 9.56. The van der Waals surface area contributed by atoms with E-state index >= 15 is 0 Å². The summed E-state index contributed by atoms with van der Waals surface area (Å²) in [6.07, 6.45) is 7.93. The van der Waals surface area contributed by atoms with Gasteiger partial charge in [-0.1, -0.05) is 38.5 Å². The molecular formula is C12H24FN. The molecule has 84 valence electrons. The van der Waals surface area contributed by atoms with E-state index in [-0.39, 0.29) is 6.04 Å². The predicted molar refractivity (Wildman–Crippen MR) is 59.2 cm³/mol. The summed E-state index contributed by atoms with van der Waals surface area (Å²) in [7, 11) is 1.84. The van der Waals surface area contributed by atoms with E-state index in [0.717, 1.165) is 6.42 Å². The molecule has 0 aromatic rings. The van der Waals surface area contributed by atoms with Gasteiger partial charge in [0, 0.05) is 6.04 Å². The summed E-state index contributed by atoms with van der Waals surface area (Å²) in [4.78, 5) is 0. The van der Waals surface area contributed by atoms with Crippen molar-refractivity contribution in [3.8, 4) is 0 Å². The van der Waals surface area contributed by atoms with Crippen LogP contribution in [0.2, 0.25) is 0 Å². The van der Waals surface area contributed by atoms with Gasteiger partial charge in [-0.2, -0.15) is 0 Å². The molecule has 14 heavy (non-hydrogen) atoms. The highest BCUT2D eigenvalue weighted by atomic mass is 19.1. The zero-order chi connectivity index (χ0) is 10.4. The van der Waals surface area contributed by atoms with Gasteiger partial charge in [0.25, 0.3) is 0 Å². The highest BCUT2D eigenvalue weighted by Crippen LogP contribution is 2.27. The second-order valence-electron chi connectivity index (χ2n) is 4.69. The molecule has 0 bridgehead atoms. The van der Waals surface area contributed by atoms with Crippen molar-refractivity contribution in [2.24, 2.45) is 5.92 Å². The van der Waals surface area contributed by atoms with Crippen molar-refractivity contribution in [3.05, 3.63) is 0 Å². The Morgan fingerprint density at radius 2 is 1.79 bits per heavy atom. The predicted octanol–water partition coefficient (Wildman–Crippen LogP) is 3.29. The van der Waals surface area contributed by atoms with Gasteiger partial charge in [0.05, 0.1) is 0 Å². The van der Waals surface area contributed by atoms with Crippen molar-refractivity contribution >= 4 is 0 Å². The summed E-state index contributed by atoms with van der Waals surface area (Å²) < 4.78 is 13.7. The van der Waals surface area contributed by atoms with Crippen molar-refractivity contribution in [2.75, 3.05) is 7.05 Å². The van der Waals surface area contributed by atoms with E-state index in [1.165, 1.54) is 38.5 Å². The molecule has 1 fully saturated rings. The van der Waals surface area contributed by atoms with Gasteiger partial charge in [0.2, 0.25) is 0 Å². The second kappa shape index (κ2) is 6.39. The van der Waals surface area contributed by atoms with Crippen molar-refractivity contribution in [3.63, 3.8) is 0 Å². The first kappa shape index (κ1) is 12.0. The molecule has 0 aromatic heterocycles. The van der Waals surface area contributed by atoms with Crippen molar-refractivity contribution in [1.82, 2.24) is 5.32 Å². The molecule has 2 atom stereocenters. The first-order chi connectivity index (χ1) is 6.74. The van der Waals surface area contributed by atoms with Gasteiger partial charge in [-0.05, 0) is 26.3 Å². The first-order valence-corrected chi connectivity index (χ1v) is 6.05. The van der Waals surface area contributed by atoms with Gasteiger partial charge in [-0.15, -0.1) is 0 Å². The molecule has 1 aliphatic rings. The van der Waals surface area contributed by atoms with E-state index in [0.29, 0.717) is 5.92 Å². The molecule has 1 N–H and O–H groups in total. The average Bonchev–Trinajstić information content (AvgIpc) is 2.45. The highest BCUT2D eigenvalue weighted by Gasteiger charge is 2.21. The molecule has 2 heteroatoms. The number of rotatable bonds is 4. The van der Waals surface area contributed by atoms with E-state index in [1.807, 2.05) is 14.0 Å². The average molecular weight is 201 g/mol. The van der Waals surface area contributed by atoms with Gasteiger partial charge in [-0.25, -0.2) is 4.39 Å². The van der Waals surface area contributed by atoms with Crippen LogP contribution in [0.5, 0.6) is 0 Å². The van der Waals surface area contributed by atoms with Crippen LogP contribution in [-0.2, 0) is 0 Å². The second-order valence-corrected chi connectivity index (χ2v) is 4.69. The largest absolute Gasteiger partial charge is 0.314 e. The van der Waals surface area contributed by atoms with Gasteiger partial charge in [0.15, 0.2) is 0 Å². The van der Waals surface area contributed by atoms with E-state index in [9.17, 15) is 4.39 Å². The third-order valence-electron chi connectivity index (χ3n) is 3.53. The fourth-order valence-electron chi connectivity index (χ4n) is 2.30. The lowest BCUT2D eigenvalue weighted by Crippen LogP contribution is -2.33. The monoisotopic (exact) mass is 201 g/mol. The molecule has 0 aliphatic heterocycles. The summed E-state index contributed by atoms with van der Waals surface area (Å²) in [6.45, 7) is 1.93. The van der Waals surface area contributed by atoms with Crippen LogP contribution in [-0.4, -0.2) is 19.3 Å². The fraction of sp³-hybridized carbons (Fsp3) is 1.00. The minimum Gasteiger partial charge on any atom is -0.314 e. The normalized spacial score (nSPS) is 24.2. The van der Waals surface area contributed by atoms with Crippen molar-refractivity contribution in [2.45, 2.75) is 64.1 Å². The minimum atomic E-state index is -0.664. The summed E-state index contributed by atoms with van der Waals surface area (Å²) in [5.41, 5.74) is 0. The Morgan fingerprint density at radius 3 is 2.29 bits per heavy atom. The highest BCUT2D eigenvalue weighted by molar-refractivity contribution is 4.75. The van der Waals surface area contributed by atoms with E-state index in [4.69, 9.17) is 0 Å². The van der Waals surface area contributed by atoms with E-state index in [2.05, 4.69) is 5.32 Å². The third kappa shape index (κ3) is 3.95. The Bertz CT molecular complexity index is 141. The molecular weight excluding hydrogens is 177 g/mol. The van der Waals surface area contributed by atoms with Gasteiger partial charge in [0.1, 0.15) is 6.17 Å². The zero-order valence-electron chi connectivity index (χ0n) is 9.56. The van der Waals surface area contributed by atoms with Gasteiger partial charge < -0.3 is 5.32 Å². The van der Waals surface area contributed by atoms with Crippen molar-refractivity contribution in [1.29, 1.82) is 0 Å². The van der Waals surface area contributed by atoms with Gasteiger partial charge >= 0.3 is 0 Å². The standard InChI is InChI=1S/C12H24FN/c1-10(14-2)12(13)9-11-7-5-3-4-6-8-11/h10-12,14H,3-9H2,1-2H3. The van der Waals surface area contributed by atoms with Crippen LogP contribution in [0, 0.1) is 5.92 Å². The summed E-state index contributed by atoms with van der Waals surface area (Å²) in [5.74, 6) is 0.642. The number of halogens is 1. The number of hydrogen-bond acceptors (Lipinski definition) is 1. The van der Waals surface area contributed by atoms with Crippen LogP contribution in [0.1, 0.15) is 51.9 Å². The van der Waals surface area contributed by atoms with Crippen LogP contribution in [0.4, 0.5) is 4.39 Å². The van der Waals surface area contributed by atoms with Crippen LogP contribution in [0.3, 0.4) is 0 Å². The molecule has 0 saturated heterocycles. The molecule has 2 unspecified atom stereocenters. The first-order valence-electron chi connectivity index (χ1n) is 6.05.